The first-order chi connectivity index (χ1) is 11.9. The van der Waals surface area contributed by atoms with Gasteiger partial charge in [0.1, 0.15) is 5.75 Å². The number of hydrogen-bond acceptors (Lipinski definition) is 3. The normalized spacial score (nSPS) is 11.6. The van der Waals surface area contributed by atoms with Gasteiger partial charge in [-0.1, -0.05) is 31.2 Å². The van der Waals surface area contributed by atoms with Gasteiger partial charge < -0.3 is 15.2 Å². The zero-order valence-electron chi connectivity index (χ0n) is 14.7. The zero-order valence-corrected chi connectivity index (χ0v) is 14.7. The highest BCUT2D eigenvalue weighted by Crippen LogP contribution is 2.22. The lowest BCUT2D eigenvalue weighted by atomic mass is 10.0. The van der Waals surface area contributed by atoms with E-state index >= 15 is 0 Å². The van der Waals surface area contributed by atoms with Crippen molar-refractivity contribution < 1.29 is 19.4 Å². The van der Waals surface area contributed by atoms with Crippen molar-refractivity contribution >= 4 is 17.6 Å². The first kappa shape index (κ1) is 18.5. The fourth-order valence-corrected chi connectivity index (χ4v) is 2.47. The molecule has 2 aromatic rings. The average Bonchev–Trinajstić information content (AvgIpc) is 2.57. The Kier molecular flexibility index (Phi) is 6.17. The number of carboxylic acids is 1. The molecule has 5 nitrogen and oxygen atoms in total. The van der Waals surface area contributed by atoms with Gasteiger partial charge in [0.25, 0.3) is 0 Å². The molecule has 0 saturated heterocycles. The maximum Gasteiger partial charge on any atom is 0.336 e. The topological polar surface area (TPSA) is 75.6 Å². The Labute approximate surface area is 147 Å². The lowest BCUT2D eigenvalue weighted by molar-refractivity contribution is -0.119. The number of benzene rings is 2. The number of ether oxygens (including phenoxy) is 1. The van der Waals surface area contributed by atoms with E-state index in [2.05, 4.69) is 5.32 Å². The molecule has 1 unspecified atom stereocenters. The minimum Gasteiger partial charge on any atom is -0.494 e. The number of aromatic carboxylic acids is 1. The molecule has 0 aliphatic rings. The molecular formula is C20H23NO4. The largest absolute Gasteiger partial charge is 0.494 e. The molecule has 2 N–H and O–H groups in total. The van der Waals surface area contributed by atoms with E-state index in [-0.39, 0.29) is 17.4 Å². The van der Waals surface area contributed by atoms with E-state index < -0.39 is 5.97 Å². The van der Waals surface area contributed by atoms with Gasteiger partial charge in [-0.05, 0) is 49.6 Å². The lowest BCUT2D eigenvalue weighted by Gasteiger charge is -2.15. The summed E-state index contributed by atoms with van der Waals surface area (Å²) in [4.78, 5) is 23.6. The average molecular weight is 341 g/mol. The summed E-state index contributed by atoms with van der Waals surface area (Å²) in [5.41, 5.74) is 2.24. The number of nitrogens with one attached hydrogen (secondary N) is 1. The van der Waals surface area contributed by atoms with Crippen molar-refractivity contribution in [2.45, 2.75) is 27.2 Å². The Morgan fingerprint density at radius 3 is 2.44 bits per heavy atom. The second-order valence-corrected chi connectivity index (χ2v) is 6.13. The molecule has 0 aliphatic heterocycles. The van der Waals surface area contributed by atoms with Gasteiger partial charge in [0.2, 0.25) is 5.91 Å². The van der Waals surface area contributed by atoms with Crippen LogP contribution in [0.3, 0.4) is 0 Å². The summed E-state index contributed by atoms with van der Waals surface area (Å²) in [6.45, 7) is 5.85. The summed E-state index contributed by atoms with van der Waals surface area (Å²) in [6, 6.07) is 12.7. The van der Waals surface area contributed by atoms with Gasteiger partial charge in [0, 0.05) is 11.6 Å². The maximum absolute atomic E-state index is 12.4. The number of carbonyl (C=O) groups is 2. The van der Waals surface area contributed by atoms with E-state index in [4.69, 9.17) is 4.74 Å². The Morgan fingerprint density at radius 1 is 1.12 bits per heavy atom. The molecular weight excluding hydrogens is 318 g/mol. The van der Waals surface area contributed by atoms with Crippen molar-refractivity contribution in [3.63, 3.8) is 0 Å². The highest BCUT2D eigenvalue weighted by molar-refractivity contribution is 5.96. The number of anilines is 1. The fourth-order valence-electron chi connectivity index (χ4n) is 2.47. The molecule has 2 aromatic carbocycles. The number of rotatable bonds is 7. The third-order valence-electron chi connectivity index (χ3n) is 4.07. The van der Waals surface area contributed by atoms with Gasteiger partial charge in [0.15, 0.2) is 0 Å². The number of aryl methyl sites for hydroxylation is 2. The molecule has 25 heavy (non-hydrogen) atoms. The molecule has 1 atom stereocenters. The molecule has 5 heteroatoms. The van der Waals surface area contributed by atoms with Crippen molar-refractivity contribution in [1.29, 1.82) is 0 Å². The molecule has 0 saturated carbocycles. The summed E-state index contributed by atoms with van der Waals surface area (Å²) < 4.78 is 5.61. The van der Waals surface area contributed by atoms with Gasteiger partial charge in [-0.2, -0.15) is 0 Å². The van der Waals surface area contributed by atoms with Crippen LogP contribution >= 0.6 is 0 Å². The SMILES string of the molecule is Cc1cc(C)c(C(=O)O)cc1NC(=O)C(C)CCOc1ccccc1. The molecule has 0 aliphatic carbocycles. The van der Waals surface area contributed by atoms with Crippen LogP contribution in [0.1, 0.15) is 34.8 Å². The molecule has 0 fully saturated rings. The Balaban J connectivity index is 1.94. The lowest BCUT2D eigenvalue weighted by Crippen LogP contribution is -2.23. The smallest absolute Gasteiger partial charge is 0.336 e. The van der Waals surface area contributed by atoms with Crippen LogP contribution in [-0.4, -0.2) is 23.6 Å². The molecule has 0 radical (unpaired) electrons. The van der Waals surface area contributed by atoms with Crippen LogP contribution in [-0.2, 0) is 4.79 Å². The van der Waals surface area contributed by atoms with Crippen molar-refractivity contribution in [3.8, 4) is 5.75 Å². The molecule has 0 spiro atoms. The van der Waals surface area contributed by atoms with E-state index in [1.165, 1.54) is 6.07 Å². The minimum atomic E-state index is -1.00. The van der Waals surface area contributed by atoms with Crippen molar-refractivity contribution in [2.75, 3.05) is 11.9 Å². The van der Waals surface area contributed by atoms with Crippen LogP contribution in [0.25, 0.3) is 0 Å². The van der Waals surface area contributed by atoms with E-state index in [1.807, 2.05) is 44.2 Å². The quantitative estimate of drug-likeness (QED) is 0.797. The van der Waals surface area contributed by atoms with Gasteiger partial charge in [0.05, 0.1) is 12.2 Å². The predicted octanol–water partition coefficient (Wildman–Crippen LogP) is 4.05. The van der Waals surface area contributed by atoms with Crippen LogP contribution in [0.4, 0.5) is 5.69 Å². The minimum absolute atomic E-state index is 0.153. The number of amides is 1. The van der Waals surface area contributed by atoms with E-state index in [9.17, 15) is 14.7 Å². The summed E-state index contributed by atoms with van der Waals surface area (Å²) >= 11 is 0. The third kappa shape index (κ3) is 5.08. The summed E-state index contributed by atoms with van der Waals surface area (Å²) in [7, 11) is 0. The highest BCUT2D eigenvalue weighted by atomic mass is 16.5. The van der Waals surface area contributed by atoms with E-state index in [0.717, 1.165) is 11.3 Å². The van der Waals surface area contributed by atoms with Gasteiger partial charge in [-0.25, -0.2) is 4.79 Å². The molecule has 0 bridgehead atoms. The van der Waals surface area contributed by atoms with Crippen molar-refractivity contribution in [2.24, 2.45) is 5.92 Å². The number of para-hydroxylation sites is 1. The van der Waals surface area contributed by atoms with Crippen molar-refractivity contribution in [1.82, 2.24) is 0 Å². The monoisotopic (exact) mass is 341 g/mol. The van der Waals surface area contributed by atoms with E-state index in [1.54, 1.807) is 13.0 Å². The fraction of sp³-hybridized carbons (Fsp3) is 0.300. The molecule has 1 amide bonds. The highest BCUT2D eigenvalue weighted by Gasteiger charge is 2.16. The Morgan fingerprint density at radius 2 is 1.80 bits per heavy atom. The summed E-state index contributed by atoms with van der Waals surface area (Å²) in [6.07, 6.45) is 0.567. The second kappa shape index (κ2) is 8.33. The molecule has 132 valence electrons. The third-order valence-corrected chi connectivity index (χ3v) is 4.07. The number of carboxylic acid groups (broad SMARTS) is 1. The zero-order chi connectivity index (χ0) is 18.4. The molecule has 0 heterocycles. The standard InChI is InChI=1S/C20H23NO4/c1-13(9-10-25-16-7-5-4-6-8-16)19(22)21-18-12-17(20(23)24)14(2)11-15(18)3/h4-8,11-13H,9-10H2,1-3H3,(H,21,22)(H,23,24). The number of carbonyl (C=O) groups excluding carboxylic acids is 1. The van der Waals surface area contributed by atoms with Crippen LogP contribution < -0.4 is 10.1 Å². The summed E-state index contributed by atoms with van der Waals surface area (Å²) in [5, 5.41) is 12.0. The molecule has 0 aromatic heterocycles. The van der Waals surface area contributed by atoms with Gasteiger partial charge >= 0.3 is 5.97 Å². The number of hydrogen-bond donors (Lipinski definition) is 2. The summed E-state index contributed by atoms with van der Waals surface area (Å²) in [5.74, 6) is -0.634. The van der Waals surface area contributed by atoms with Crippen LogP contribution in [0, 0.1) is 19.8 Å². The van der Waals surface area contributed by atoms with Gasteiger partial charge in [-0.15, -0.1) is 0 Å². The van der Waals surface area contributed by atoms with Gasteiger partial charge in [-0.3, -0.25) is 4.79 Å². The first-order valence-electron chi connectivity index (χ1n) is 8.21. The molecule has 2 rings (SSSR count). The van der Waals surface area contributed by atoms with E-state index in [0.29, 0.717) is 24.3 Å². The van der Waals surface area contributed by atoms with Crippen LogP contribution in [0.2, 0.25) is 0 Å². The Bertz CT molecular complexity index is 756. The van der Waals surface area contributed by atoms with Crippen LogP contribution in [0.5, 0.6) is 5.75 Å². The first-order valence-corrected chi connectivity index (χ1v) is 8.21. The maximum atomic E-state index is 12.4. The van der Waals surface area contributed by atoms with Crippen LogP contribution in [0.15, 0.2) is 42.5 Å². The predicted molar refractivity (Wildman–Crippen MR) is 97.2 cm³/mol. The Hall–Kier alpha value is -2.82. The van der Waals surface area contributed by atoms with Crippen molar-refractivity contribution in [3.05, 3.63) is 59.2 Å². The second-order valence-electron chi connectivity index (χ2n) is 6.13.